The van der Waals surface area contributed by atoms with E-state index in [4.69, 9.17) is 4.99 Å². The topological polar surface area (TPSA) is 73.8 Å². The third kappa shape index (κ3) is 8.92. The van der Waals surface area contributed by atoms with Gasteiger partial charge in [0.15, 0.2) is 5.96 Å². The highest BCUT2D eigenvalue weighted by molar-refractivity contribution is 14.0. The van der Waals surface area contributed by atoms with Gasteiger partial charge >= 0.3 is 0 Å². The lowest BCUT2D eigenvalue weighted by atomic mass is 10.1. The molecule has 6 nitrogen and oxygen atoms in total. The molecule has 1 fully saturated rings. The van der Waals surface area contributed by atoms with Gasteiger partial charge in [-0.05, 0) is 37.8 Å². The number of hydrogen-bond donors (Lipinski definition) is 2. The molecule has 0 saturated carbocycles. The maximum absolute atomic E-state index is 12.4. The fraction of sp³-hybridized carbons (Fsp3) is 0.667. The summed E-state index contributed by atoms with van der Waals surface area (Å²) in [5, 5.41) is 4.02. The first kappa shape index (κ1) is 27.5. The van der Waals surface area contributed by atoms with Crippen molar-refractivity contribution in [3.8, 4) is 0 Å². The summed E-state index contributed by atoms with van der Waals surface area (Å²) in [5.74, 6) is 2.62. The van der Waals surface area contributed by atoms with E-state index >= 15 is 0 Å². The van der Waals surface area contributed by atoms with Crippen molar-refractivity contribution in [1.29, 1.82) is 0 Å². The first-order valence-corrected chi connectivity index (χ1v) is 13.1. The van der Waals surface area contributed by atoms with E-state index in [-0.39, 0.29) is 35.8 Å². The molecule has 1 aromatic rings. The Kier molecular flexibility index (Phi) is 12.0. The summed E-state index contributed by atoms with van der Waals surface area (Å²) >= 11 is 2.04. The van der Waals surface area contributed by atoms with Gasteiger partial charge in [0.1, 0.15) is 0 Å². The van der Waals surface area contributed by atoms with Crippen molar-refractivity contribution in [2.45, 2.75) is 58.2 Å². The van der Waals surface area contributed by atoms with E-state index in [1.165, 1.54) is 0 Å². The molecule has 0 aromatic heterocycles. The van der Waals surface area contributed by atoms with Crippen LogP contribution >= 0.6 is 35.7 Å². The Labute approximate surface area is 204 Å². The van der Waals surface area contributed by atoms with Crippen molar-refractivity contribution in [2.75, 3.05) is 25.4 Å². The molecule has 1 aliphatic heterocycles. The first-order valence-electron chi connectivity index (χ1n) is 10.4. The molecular weight excluding hydrogens is 531 g/mol. The lowest BCUT2D eigenvalue weighted by Crippen LogP contribution is -2.49. The van der Waals surface area contributed by atoms with Crippen LogP contribution in [0, 0.1) is 5.92 Å². The lowest BCUT2D eigenvalue weighted by molar-refractivity contribution is 0.381. The summed E-state index contributed by atoms with van der Waals surface area (Å²) in [6.45, 7) is 13.5. The van der Waals surface area contributed by atoms with E-state index in [1.54, 1.807) is 0 Å². The van der Waals surface area contributed by atoms with E-state index in [0.717, 1.165) is 42.5 Å². The second kappa shape index (κ2) is 13.1. The average molecular weight is 569 g/mol. The van der Waals surface area contributed by atoms with Crippen LogP contribution in [-0.4, -0.2) is 56.0 Å². The number of rotatable bonds is 8. The summed E-state index contributed by atoms with van der Waals surface area (Å²) < 4.78 is 27.4. The highest BCUT2D eigenvalue weighted by atomic mass is 127. The van der Waals surface area contributed by atoms with Crippen LogP contribution in [0.4, 0.5) is 0 Å². The maximum Gasteiger partial charge on any atom is 0.216 e. The second-order valence-corrected chi connectivity index (χ2v) is 11.2. The molecule has 1 unspecified atom stereocenters. The fourth-order valence-electron chi connectivity index (χ4n) is 3.32. The summed E-state index contributed by atoms with van der Waals surface area (Å²) in [5.41, 5.74) is 1.75. The molecule has 0 bridgehead atoms. The molecule has 1 saturated heterocycles. The van der Waals surface area contributed by atoms with Gasteiger partial charge in [-0.1, -0.05) is 38.1 Å². The number of guanidine groups is 1. The number of nitrogens with one attached hydrogen (secondary N) is 2. The molecule has 172 valence electrons. The van der Waals surface area contributed by atoms with Crippen LogP contribution in [0.5, 0.6) is 0 Å². The van der Waals surface area contributed by atoms with E-state index in [9.17, 15) is 8.42 Å². The zero-order chi connectivity index (χ0) is 21.4. The van der Waals surface area contributed by atoms with Crippen LogP contribution < -0.4 is 10.0 Å². The SMILES string of the molecule is CCNC(=NCc1ccccc1CS(=O)(=O)NC(C)C)N1CCSC(C(C)C)C1.I. The van der Waals surface area contributed by atoms with Crippen molar-refractivity contribution in [2.24, 2.45) is 10.9 Å². The van der Waals surface area contributed by atoms with Crippen LogP contribution in [0.15, 0.2) is 29.3 Å². The molecule has 1 heterocycles. The van der Waals surface area contributed by atoms with Crippen LogP contribution in [0.3, 0.4) is 0 Å². The van der Waals surface area contributed by atoms with Gasteiger partial charge in [0.25, 0.3) is 0 Å². The zero-order valence-electron chi connectivity index (χ0n) is 18.7. The van der Waals surface area contributed by atoms with Gasteiger partial charge in [0.2, 0.25) is 10.0 Å². The van der Waals surface area contributed by atoms with Gasteiger partial charge in [0, 0.05) is 36.7 Å². The second-order valence-electron chi connectivity index (χ2n) is 8.07. The van der Waals surface area contributed by atoms with Gasteiger partial charge in [-0.15, -0.1) is 24.0 Å². The molecule has 2 N–H and O–H groups in total. The van der Waals surface area contributed by atoms with Gasteiger partial charge in [-0.2, -0.15) is 11.8 Å². The Morgan fingerprint density at radius 3 is 2.50 bits per heavy atom. The Morgan fingerprint density at radius 2 is 1.90 bits per heavy atom. The van der Waals surface area contributed by atoms with Gasteiger partial charge < -0.3 is 10.2 Å². The van der Waals surface area contributed by atoms with Crippen LogP contribution in [0.1, 0.15) is 45.7 Å². The lowest BCUT2D eigenvalue weighted by Gasteiger charge is -2.36. The monoisotopic (exact) mass is 568 g/mol. The number of sulfonamides is 1. The molecule has 0 amide bonds. The van der Waals surface area contributed by atoms with Crippen molar-refractivity contribution in [1.82, 2.24) is 14.9 Å². The van der Waals surface area contributed by atoms with Gasteiger partial charge in [0.05, 0.1) is 12.3 Å². The first-order chi connectivity index (χ1) is 13.7. The molecule has 2 rings (SSSR count). The number of nitrogens with zero attached hydrogens (tertiary/aromatic N) is 2. The summed E-state index contributed by atoms with van der Waals surface area (Å²) in [6.07, 6.45) is 0. The Balaban J connectivity index is 0.00000450. The summed E-state index contributed by atoms with van der Waals surface area (Å²) in [4.78, 5) is 7.20. The smallest absolute Gasteiger partial charge is 0.216 e. The highest BCUT2D eigenvalue weighted by Gasteiger charge is 2.25. The van der Waals surface area contributed by atoms with Gasteiger partial charge in [-0.25, -0.2) is 18.1 Å². The van der Waals surface area contributed by atoms with E-state index in [0.29, 0.717) is 17.7 Å². The third-order valence-electron chi connectivity index (χ3n) is 4.75. The minimum Gasteiger partial charge on any atom is -0.357 e. The number of aliphatic imine (C=N–C) groups is 1. The van der Waals surface area contributed by atoms with Crippen LogP contribution in [0.25, 0.3) is 0 Å². The number of hydrogen-bond acceptors (Lipinski definition) is 4. The Morgan fingerprint density at radius 1 is 1.23 bits per heavy atom. The molecule has 9 heteroatoms. The zero-order valence-corrected chi connectivity index (χ0v) is 22.7. The third-order valence-corrected chi connectivity index (χ3v) is 7.81. The predicted octanol–water partition coefficient (Wildman–Crippen LogP) is 3.67. The number of benzene rings is 1. The molecule has 1 aliphatic rings. The quantitative estimate of drug-likeness (QED) is 0.285. The van der Waals surface area contributed by atoms with E-state index < -0.39 is 10.0 Å². The van der Waals surface area contributed by atoms with E-state index in [2.05, 4.69) is 35.7 Å². The molecule has 0 aliphatic carbocycles. The van der Waals surface area contributed by atoms with Crippen molar-refractivity contribution in [3.05, 3.63) is 35.4 Å². The standard InChI is InChI=1S/C21H36N4O2S2.HI/c1-6-22-21(25-11-12-28-20(14-25)16(2)3)23-13-18-9-7-8-10-19(18)15-29(26,27)24-17(4)5;/h7-10,16-17,20,24H,6,11-15H2,1-5H3,(H,22,23);1H. The highest BCUT2D eigenvalue weighted by Crippen LogP contribution is 2.25. The minimum absolute atomic E-state index is 0. The Bertz CT molecular complexity index is 785. The maximum atomic E-state index is 12.4. The minimum atomic E-state index is -3.37. The van der Waals surface area contributed by atoms with Crippen LogP contribution in [0.2, 0.25) is 0 Å². The van der Waals surface area contributed by atoms with Crippen molar-refractivity contribution >= 4 is 51.7 Å². The van der Waals surface area contributed by atoms with Crippen LogP contribution in [-0.2, 0) is 22.3 Å². The molecule has 0 spiro atoms. The van der Waals surface area contributed by atoms with Gasteiger partial charge in [-0.3, -0.25) is 0 Å². The normalized spacial score (nSPS) is 17.9. The van der Waals surface area contributed by atoms with Crippen molar-refractivity contribution in [3.63, 3.8) is 0 Å². The average Bonchev–Trinajstić information content (AvgIpc) is 2.65. The fourth-order valence-corrected chi connectivity index (χ4v) is 6.11. The largest absolute Gasteiger partial charge is 0.357 e. The summed E-state index contributed by atoms with van der Waals surface area (Å²) in [6, 6.07) is 7.56. The number of halogens is 1. The molecule has 30 heavy (non-hydrogen) atoms. The van der Waals surface area contributed by atoms with E-state index in [1.807, 2.05) is 49.9 Å². The summed E-state index contributed by atoms with van der Waals surface area (Å²) in [7, 11) is -3.37. The number of thioether (sulfide) groups is 1. The molecule has 0 radical (unpaired) electrons. The van der Waals surface area contributed by atoms with Crippen molar-refractivity contribution < 1.29 is 8.42 Å². The molecular formula is C21H37IN4O2S2. The molecule has 1 aromatic carbocycles. The predicted molar refractivity (Wildman–Crippen MR) is 140 cm³/mol. The Hall–Kier alpha value is -0.520. The molecule has 1 atom stereocenters.